The van der Waals surface area contributed by atoms with E-state index in [1.54, 1.807) is 36.0 Å². The molecular weight excluding hydrogens is 244 g/mol. The quantitative estimate of drug-likeness (QED) is 0.700. The second-order valence-electron chi connectivity index (χ2n) is 4.30. The molecule has 0 aliphatic rings. The standard InChI is InChI=1S/C13H16N4O2/c1-9(8-18)15-13(19)12-5-6-17(16-12)11-4-2-3-10(14)7-11/h2-7,9,18H,8,14H2,1H3,(H,15,19). The van der Waals surface area contributed by atoms with E-state index in [1.165, 1.54) is 0 Å². The highest BCUT2D eigenvalue weighted by molar-refractivity contribution is 5.92. The van der Waals surface area contributed by atoms with E-state index in [2.05, 4.69) is 10.4 Å². The van der Waals surface area contributed by atoms with E-state index in [0.29, 0.717) is 11.4 Å². The van der Waals surface area contributed by atoms with Crippen LogP contribution in [0, 0.1) is 0 Å². The van der Waals surface area contributed by atoms with E-state index in [4.69, 9.17) is 10.8 Å². The van der Waals surface area contributed by atoms with Crippen LogP contribution in [-0.4, -0.2) is 33.4 Å². The number of amides is 1. The predicted molar refractivity (Wildman–Crippen MR) is 72.0 cm³/mol. The minimum Gasteiger partial charge on any atom is -0.399 e. The van der Waals surface area contributed by atoms with E-state index in [9.17, 15) is 4.79 Å². The molecule has 100 valence electrons. The summed E-state index contributed by atoms with van der Waals surface area (Å²) in [5, 5.41) is 15.7. The van der Waals surface area contributed by atoms with Crippen LogP contribution in [0.2, 0.25) is 0 Å². The molecule has 0 fully saturated rings. The summed E-state index contributed by atoms with van der Waals surface area (Å²) in [6.45, 7) is 1.61. The summed E-state index contributed by atoms with van der Waals surface area (Å²) in [5.74, 6) is -0.316. The molecule has 1 atom stereocenters. The van der Waals surface area contributed by atoms with Crippen molar-refractivity contribution >= 4 is 11.6 Å². The molecule has 0 saturated carbocycles. The Labute approximate surface area is 110 Å². The third-order valence-corrected chi connectivity index (χ3v) is 2.61. The Kier molecular flexibility index (Phi) is 3.82. The highest BCUT2D eigenvalue weighted by Crippen LogP contribution is 2.11. The van der Waals surface area contributed by atoms with Crippen LogP contribution in [0.15, 0.2) is 36.5 Å². The number of nitrogens with one attached hydrogen (secondary N) is 1. The molecule has 2 aromatic rings. The minimum absolute atomic E-state index is 0.109. The molecule has 6 nitrogen and oxygen atoms in total. The number of aromatic nitrogens is 2. The summed E-state index contributed by atoms with van der Waals surface area (Å²) < 4.78 is 1.58. The molecule has 19 heavy (non-hydrogen) atoms. The number of nitrogen functional groups attached to an aromatic ring is 1. The van der Waals surface area contributed by atoms with Crippen molar-refractivity contribution in [2.24, 2.45) is 0 Å². The molecule has 0 radical (unpaired) electrons. The van der Waals surface area contributed by atoms with Crippen LogP contribution in [0.3, 0.4) is 0 Å². The molecule has 0 aliphatic heterocycles. The molecule has 1 aromatic heterocycles. The van der Waals surface area contributed by atoms with Gasteiger partial charge in [-0.05, 0) is 31.2 Å². The number of carbonyl (C=O) groups is 1. The lowest BCUT2D eigenvalue weighted by molar-refractivity contribution is 0.0917. The number of hydrogen-bond donors (Lipinski definition) is 3. The van der Waals surface area contributed by atoms with Crippen LogP contribution in [0.1, 0.15) is 17.4 Å². The van der Waals surface area contributed by atoms with Crippen molar-refractivity contribution in [3.05, 3.63) is 42.2 Å². The van der Waals surface area contributed by atoms with Crippen molar-refractivity contribution in [3.63, 3.8) is 0 Å². The smallest absolute Gasteiger partial charge is 0.272 e. The summed E-state index contributed by atoms with van der Waals surface area (Å²) in [6, 6.07) is 8.53. The minimum atomic E-state index is -0.316. The zero-order valence-corrected chi connectivity index (χ0v) is 10.6. The number of rotatable bonds is 4. The topological polar surface area (TPSA) is 93.2 Å². The van der Waals surface area contributed by atoms with Crippen molar-refractivity contribution in [2.75, 3.05) is 12.3 Å². The summed E-state index contributed by atoms with van der Waals surface area (Å²) in [4.78, 5) is 11.8. The van der Waals surface area contributed by atoms with Gasteiger partial charge in [-0.25, -0.2) is 4.68 Å². The third kappa shape index (κ3) is 3.11. The predicted octanol–water partition coefficient (Wildman–Crippen LogP) is 0.565. The monoisotopic (exact) mass is 260 g/mol. The lowest BCUT2D eigenvalue weighted by Crippen LogP contribution is -2.35. The zero-order chi connectivity index (χ0) is 13.8. The highest BCUT2D eigenvalue weighted by Gasteiger charge is 2.12. The Balaban J connectivity index is 2.17. The summed E-state index contributed by atoms with van der Waals surface area (Å²) >= 11 is 0. The van der Waals surface area contributed by atoms with Gasteiger partial charge in [0.05, 0.1) is 12.3 Å². The maximum Gasteiger partial charge on any atom is 0.272 e. The largest absolute Gasteiger partial charge is 0.399 e. The van der Waals surface area contributed by atoms with Crippen LogP contribution >= 0.6 is 0 Å². The second kappa shape index (κ2) is 5.53. The lowest BCUT2D eigenvalue weighted by Gasteiger charge is -2.08. The van der Waals surface area contributed by atoms with Gasteiger partial charge in [-0.15, -0.1) is 0 Å². The van der Waals surface area contributed by atoms with Crippen molar-refractivity contribution in [1.29, 1.82) is 0 Å². The Morgan fingerprint density at radius 2 is 2.32 bits per heavy atom. The fourth-order valence-electron chi connectivity index (χ4n) is 1.60. The molecule has 1 heterocycles. The maximum absolute atomic E-state index is 11.8. The molecule has 6 heteroatoms. The van der Waals surface area contributed by atoms with E-state index >= 15 is 0 Å². The fraction of sp³-hybridized carbons (Fsp3) is 0.231. The Morgan fingerprint density at radius 1 is 1.53 bits per heavy atom. The number of nitrogens with two attached hydrogens (primary N) is 1. The van der Waals surface area contributed by atoms with Crippen molar-refractivity contribution in [3.8, 4) is 5.69 Å². The van der Waals surface area contributed by atoms with Gasteiger partial charge in [0, 0.05) is 17.9 Å². The van der Waals surface area contributed by atoms with E-state index in [0.717, 1.165) is 5.69 Å². The number of hydrogen-bond acceptors (Lipinski definition) is 4. The van der Waals surface area contributed by atoms with Crippen LogP contribution in [0.4, 0.5) is 5.69 Å². The maximum atomic E-state index is 11.8. The number of nitrogens with zero attached hydrogens (tertiary/aromatic N) is 2. The van der Waals surface area contributed by atoms with Gasteiger partial charge in [0.25, 0.3) is 5.91 Å². The second-order valence-corrected chi connectivity index (χ2v) is 4.30. The first kappa shape index (κ1) is 13.1. The number of aliphatic hydroxyl groups excluding tert-OH is 1. The molecule has 1 aromatic carbocycles. The Morgan fingerprint density at radius 3 is 3.00 bits per heavy atom. The van der Waals surface area contributed by atoms with Crippen LogP contribution < -0.4 is 11.1 Å². The van der Waals surface area contributed by atoms with E-state index in [-0.39, 0.29) is 18.6 Å². The SMILES string of the molecule is CC(CO)NC(=O)c1ccn(-c2cccc(N)c2)n1. The average Bonchev–Trinajstić information content (AvgIpc) is 2.88. The van der Waals surface area contributed by atoms with E-state index in [1.807, 2.05) is 12.1 Å². The van der Waals surface area contributed by atoms with Gasteiger partial charge in [0.2, 0.25) is 0 Å². The van der Waals surface area contributed by atoms with Crippen LogP contribution in [0.5, 0.6) is 0 Å². The number of carbonyl (C=O) groups excluding carboxylic acids is 1. The summed E-state index contributed by atoms with van der Waals surface area (Å²) in [6.07, 6.45) is 1.69. The molecule has 0 spiro atoms. The normalized spacial score (nSPS) is 12.1. The molecule has 0 bridgehead atoms. The fourth-order valence-corrected chi connectivity index (χ4v) is 1.60. The molecule has 2 rings (SSSR count). The third-order valence-electron chi connectivity index (χ3n) is 2.61. The number of aliphatic hydroxyl groups is 1. The first-order valence-electron chi connectivity index (χ1n) is 5.93. The molecule has 1 amide bonds. The van der Waals surface area contributed by atoms with Gasteiger partial charge in [-0.3, -0.25) is 4.79 Å². The van der Waals surface area contributed by atoms with E-state index < -0.39 is 0 Å². The van der Waals surface area contributed by atoms with Crippen molar-refractivity contribution < 1.29 is 9.90 Å². The van der Waals surface area contributed by atoms with Gasteiger partial charge >= 0.3 is 0 Å². The molecule has 0 aliphatic carbocycles. The van der Waals surface area contributed by atoms with Gasteiger partial charge in [0.15, 0.2) is 5.69 Å². The van der Waals surface area contributed by atoms with Crippen LogP contribution in [-0.2, 0) is 0 Å². The van der Waals surface area contributed by atoms with Crippen molar-refractivity contribution in [1.82, 2.24) is 15.1 Å². The zero-order valence-electron chi connectivity index (χ0n) is 10.6. The lowest BCUT2D eigenvalue weighted by atomic mass is 10.3. The van der Waals surface area contributed by atoms with Gasteiger partial charge in [-0.1, -0.05) is 6.07 Å². The Hall–Kier alpha value is -2.34. The van der Waals surface area contributed by atoms with Gasteiger partial charge in [-0.2, -0.15) is 5.10 Å². The molecular formula is C13H16N4O2. The number of benzene rings is 1. The summed E-state index contributed by atoms with van der Waals surface area (Å²) in [7, 11) is 0. The average molecular weight is 260 g/mol. The molecule has 0 saturated heterocycles. The highest BCUT2D eigenvalue weighted by atomic mass is 16.3. The summed E-state index contributed by atoms with van der Waals surface area (Å²) in [5.41, 5.74) is 7.41. The molecule has 1 unspecified atom stereocenters. The first-order chi connectivity index (χ1) is 9.10. The van der Waals surface area contributed by atoms with Gasteiger partial charge in [0.1, 0.15) is 0 Å². The van der Waals surface area contributed by atoms with Crippen molar-refractivity contribution in [2.45, 2.75) is 13.0 Å². The van der Waals surface area contributed by atoms with Crippen LogP contribution in [0.25, 0.3) is 5.69 Å². The molecule has 4 N–H and O–H groups in total. The number of anilines is 1. The van der Waals surface area contributed by atoms with Gasteiger partial charge < -0.3 is 16.2 Å². The first-order valence-corrected chi connectivity index (χ1v) is 5.93. The Bertz CT molecular complexity index is 580.